The van der Waals surface area contributed by atoms with Gasteiger partial charge in [-0.2, -0.15) is 5.10 Å². The summed E-state index contributed by atoms with van der Waals surface area (Å²) in [5.41, 5.74) is 2.68. The molecule has 2 aromatic carbocycles. The van der Waals surface area contributed by atoms with Gasteiger partial charge in [-0.25, -0.2) is 13.2 Å². The van der Waals surface area contributed by atoms with Crippen LogP contribution in [0.15, 0.2) is 54.7 Å². The zero-order valence-electron chi connectivity index (χ0n) is 16.9. The Balaban J connectivity index is 1.39. The minimum atomic E-state index is -0.665. The van der Waals surface area contributed by atoms with E-state index in [9.17, 15) is 18.0 Å². The van der Waals surface area contributed by atoms with Gasteiger partial charge in [-0.3, -0.25) is 4.79 Å². The fraction of sp³-hybridized carbons (Fsp3) is 0.208. The van der Waals surface area contributed by atoms with Crippen LogP contribution >= 0.6 is 0 Å². The van der Waals surface area contributed by atoms with Crippen molar-refractivity contribution in [3.63, 3.8) is 0 Å². The van der Waals surface area contributed by atoms with Gasteiger partial charge in [0.1, 0.15) is 17.5 Å². The summed E-state index contributed by atoms with van der Waals surface area (Å²) in [6, 6.07) is 11.3. The molecule has 2 N–H and O–H groups in total. The Morgan fingerprint density at radius 2 is 1.84 bits per heavy atom. The largest absolute Gasteiger partial charge is 0.352 e. The van der Waals surface area contributed by atoms with Crippen LogP contribution in [0.5, 0.6) is 0 Å². The van der Waals surface area contributed by atoms with Crippen molar-refractivity contribution >= 4 is 16.8 Å². The van der Waals surface area contributed by atoms with Crippen LogP contribution in [0, 0.1) is 23.4 Å². The molecule has 0 saturated heterocycles. The lowest BCUT2D eigenvalue weighted by molar-refractivity contribution is 0.0929. The highest BCUT2D eigenvalue weighted by Crippen LogP contribution is 2.48. The van der Waals surface area contributed by atoms with Crippen molar-refractivity contribution in [1.29, 1.82) is 0 Å². The lowest BCUT2D eigenvalue weighted by Gasteiger charge is -2.36. The summed E-state index contributed by atoms with van der Waals surface area (Å²) < 4.78 is 41.9. The lowest BCUT2D eigenvalue weighted by Crippen LogP contribution is -2.35. The van der Waals surface area contributed by atoms with Crippen molar-refractivity contribution in [3.05, 3.63) is 83.4 Å². The summed E-state index contributed by atoms with van der Waals surface area (Å²) in [6.45, 7) is 0.475. The first-order valence-corrected chi connectivity index (χ1v) is 10.3. The fourth-order valence-electron chi connectivity index (χ4n) is 4.40. The molecule has 32 heavy (non-hydrogen) atoms. The van der Waals surface area contributed by atoms with Crippen molar-refractivity contribution in [3.8, 4) is 11.3 Å². The highest BCUT2D eigenvalue weighted by atomic mass is 19.1. The molecular weight excluding hydrogens is 417 g/mol. The first kappa shape index (κ1) is 20.2. The van der Waals surface area contributed by atoms with Gasteiger partial charge in [0, 0.05) is 24.2 Å². The number of nitrogens with one attached hydrogen (secondary N) is 2. The molecule has 1 amide bonds. The minimum Gasteiger partial charge on any atom is -0.352 e. The van der Waals surface area contributed by atoms with Crippen molar-refractivity contribution in [2.75, 3.05) is 6.54 Å². The number of rotatable bonds is 5. The van der Waals surface area contributed by atoms with Crippen LogP contribution < -0.4 is 5.32 Å². The SMILES string of the molecule is O=C(NCC1CC(c2c(-c3ccc(F)cc3)[nH]c3c(F)cc(F)cc23)C1)c1cccnn1. The van der Waals surface area contributed by atoms with E-state index >= 15 is 0 Å². The quantitative estimate of drug-likeness (QED) is 0.464. The van der Waals surface area contributed by atoms with Gasteiger partial charge in [0.15, 0.2) is 5.69 Å². The predicted molar refractivity (Wildman–Crippen MR) is 113 cm³/mol. The molecule has 5 nitrogen and oxygen atoms in total. The molecule has 0 bridgehead atoms. The zero-order valence-corrected chi connectivity index (χ0v) is 16.9. The van der Waals surface area contributed by atoms with Gasteiger partial charge in [-0.1, -0.05) is 0 Å². The van der Waals surface area contributed by atoms with E-state index in [4.69, 9.17) is 0 Å². The number of carbonyl (C=O) groups is 1. The van der Waals surface area contributed by atoms with Gasteiger partial charge in [0.05, 0.1) is 11.2 Å². The first-order chi connectivity index (χ1) is 15.5. The van der Waals surface area contributed by atoms with E-state index in [0.717, 1.165) is 24.5 Å². The molecule has 2 aromatic heterocycles. The van der Waals surface area contributed by atoms with E-state index < -0.39 is 11.6 Å². The third kappa shape index (κ3) is 3.72. The van der Waals surface area contributed by atoms with Crippen LogP contribution in [0.1, 0.15) is 34.8 Å². The number of hydrogen-bond acceptors (Lipinski definition) is 3. The highest BCUT2D eigenvalue weighted by molar-refractivity contribution is 5.93. The molecule has 0 aliphatic heterocycles. The summed E-state index contributed by atoms with van der Waals surface area (Å²) in [6.07, 6.45) is 3.00. The van der Waals surface area contributed by atoms with Crippen molar-refractivity contribution < 1.29 is 18.0 Å². The summed E-state index contributed by atoms with van der Waals surface area (Å²) in [5, 5.41) is 10.9. The fourth-order valence-corrected chi connectivity index (χ4v) is 4.40. The highest BCUT2D eigenvalue weighted by Gasteiger charge is 2.35. The van der Waals surface area contributed by atoms with Crippen LogP contribution in [0.25, 0.3) is 22.2 Å². The van der Waals surface area contributed by atoms with E-state index in [2.05, 4.69) is 20.5 Å². The van der Waals surface area contributed by atoms with Gasteiger partial charge < -0.3 is 10.3 Å². The van der Waals surface area contributed by atoms with Crippen molar-refractivity contribution in [2.45, 2.75) is 18.8 Å². The average molecular weight is 436 g/mol. The molecule has 1 aliphatic carbocycles. The molecule has 1 saturated carbocycles. The predicted octanol–water partition coefficient (Wildman–Crippen LogP) is 4.97. The van der Waals surface area contributed by atoms with Crippen LogP contribution in [0.3, 0.4) is 0 Å². The standard InChI is InChI=1S/C24H19F3N4O/c25-16-5-3-14(4-6-16)22-21(18-10-17(26)11-19(27)23(18)30-22)15-8-13(9-15)12-28-24(32)20-2-1-7-29-31-20/h1-7,10-11,13,15,30H,8-9,12H2,(H,28,32). The van der Waals surface area contributed by atoms with Crippen LogP contribution in [0.4, 0.5) is 13.2 Å². The van der Waals surface area contributed by atoms with Crippen LogP contribution in [-0.2, 0) is 0 Å². The molecule has 5 rings (SSSR count). The maximum absolute atomic E-state index is 14.5. The molecule has 0 radical (unpaired) electrons. The number of fused-ring (bicyclic) bond motifs is 1. The second-order valence-corrected chi connectivity index (χ2v) is 8.08. The lowest BCUT2D eigenvalue weighted by atomic mass is 9.70. The maximum Gasteiger partial charge on any atom is 0.271 e. The van der Waals surface area contributed by atoms with Gasteiger partial charge in [0.2, 0.25) is 0 Å². The Bertz CT molecular complexity index is 1280. The molecule has 1 aliphatic rings. The molecular formula is C24H19F3N4O. The average Bonchev–Trinajstić information content (AvgIpc) is 3.13. The van der Waals surface area contributed by atoms with Gasteiger partial charge in [0.25, 0.3) is 5.91 Å². The molecule has 0 spiro atoms. The smallest absolute Gasteiger partial charge is 0.271 e. The first-order valence-electron chi connectivity index (χ1n) is 10.3. The minimum absolute atomic E-state index is 0.0587. The molecule has 0 atom stereocenters. The van der Waals surface area contributed by atoms with E-state index in [0.29, 0.717) is 23.2 Å². The Kier molecular flexibility index (Phi) is 5.13. The molecule has 2 heterocycles. The number of amides is 1. The second-order valence-electron chi connectivity index (χ2n) is 8.08. The number of carbonyl (C=O) groups excluding carboxylic acids is 1. The number of halogens is 3. The maximum atomic E-state index is 14.5. The molecule has 1 fully saturated rings. The third-order valence-electron chi connectivity index (χ3n) is 6.00. The third-order valence-corrected chi connectivity index (χ3v) is 6.00. The van der Waals surface area contributed by atoms with Crippen molar-refractivity contribution in [2.24, 2.45) is 5.92 Å². The van der Waals surface area contributed by atoms with Crippen molar-refractivity contribution in [1.82, 2.24) is 20.5 Å². The molecule has 8 heteroatoms. The summed E-state index contributed by atoms with van der Waals surface area (Å²) in [4.78, 5) is 15.3. The number of aromatic nitrogens is 3. The van der Waals surface area contributed by atoms with Crippen LogP contribution in [-0.4, -0.2) is 27.6 Å². The van der Waals surface area contributed by atoms with E-state index in [1.165, 1.54) is 24.4 Å². The number of H-pyrrole nitrogens is 1. The molecule has 0 unspecified atom stereocenters. The summed E-state index contributed by atoms with van der Waals surface area (Å²) >= 11 is 0. The summed E-state index contributed by atoms with van der Waals surface area (Å²) in [5.74, 6) is -1.68. The zero-order chi connectivity index (χ0) is 22.2. The Hall–Kier alpha value is -3.68. The number of hydrogen-bond donors (Lipinski definition) is 2. The van der Waals surface area contributed by atoms with Gasteiger partial charge in [-0.15, -0.1) is 5.10 Å². The topological polar surface area (TPSA) is 70.7 Å². The van der Waals surface area contributed by atoms with Gasteiger partial charge in [-0.05, 0) is 78.3 Å². The normalized spacial score (nSPS) is 17.8. The molecule has 162 valence electrons. The van der Waals surface area contributed by atoms with E-state index in [-0.39, 0.29) is 34.8 Å². The Morgan fingerprint density at radius 1 is 1.06 bits per heavy atom. The van der Waals surface area contributed by atoms with Crippen LogP contribution in [0.2, 0.25) is 0 Å². The molecule has 4 aromatic rings. The number of nitrogens with zero attached hydrogens (tertiary/aromatic N) is 2. The second kappa shape index (κ2) is 8.11. The number of benzene rings is 2. The Labute approximate surface area is 181 Å². The number of aromatic amines is 1. The monoisotopic (exact) mass is 436 g/mol. The Morgan fingerprint density at radius 3 is 2.56 bits per heavy atom. The summed E-state index contributed by atoms with van der Waals surface area (Å²) in [7, 11) is 0. The van der Waals surface area contributed by atoms with Gasteiger partial charge >= 0.3 is 0 Å². The van der Waals surface area contributed by atoms with E-state index in [1.807, 2.05) is 0 Å². The van der Waals surface area contributed by atoms with E-state index in [1.54, 1.807) is 24.3 Å².